The highest BCUT2D eigenvalue weighted by Gasteiger charge is 2.29. The number of nitrogens with one attached hydrogen (secondary N) is 1. The molecule has 1 amide bonds. The highest BCUT2D eigenvalue weighted by atomic mass is 35.5. The Morgan fingerprint density at radius 3 is 2.29 bits per heavy atom. The van der Waals surface area contributed by atoms with Crippen LogP contribution in [0.1, 0.15) is 31.1 Å². The molecule has 1 saturated heterocycles. The predicted octanol–water partition coefficient (Wildman–Crippen LogP) is 1.80. The van der Waals surface area contributed by atoms with E-state index in [4.69, 9.17) is 11.6 Å². The summed E-state index contributed by atoms with van der Waals surface area (Å²) in [5.41, 5.74) is -0.269. The Morgan fingerprint density at radius 1 is 1.17 bits per heavy atom. The van der Waals surface area contributed by atoms with E-state index in [0.717, 1.165) is 0 Å². The fourth-order valence-corrected chi connectivity index (χ4v) is 4.08. The van der Waals surface area contributed by atoms with Crippen LogP contribution in [0.4, 0.5) is 0 Å². The molecular weight excluding hydrogens is 350 g/mol. The van der Waals surface area contributed by atoms with Gasteiger partial charge in [-0.05, 0) is 46.0 Å². The van der Waals surface area contributed by atoms with E-state index in [2.05, 4.69) is 10.2 Å². The van der Waals surface area contributed by atoms with Gasteiger partial charge >= 0.3 is 0 Å². The first-order chi connectivity index (χ1) is 11.0. The standard InChI is InChI=1S/C16H24ClN3O3S/c1-16(2,3)18-15(21)13-11-12(5-6-14(13)17)24(22,23)20-9-7-19(4)8-10-20/h5-6,11H,7-10H2,1-4H3,(H,18,21). The molecule has 1 fully saturated rings. The predicted molar refractivity (Wildman–Crippen MR) is 94.9 cm³/mol. The van der Waals surface area contributed by atoms with Gasteiger partial charge < -0.3 is 10.2 Å². The second-order valence-electron chi connectivity index (χ2n) is 7.05. The number of likely N-dealkylation sites (N-methyl/N-ethyl adjacent to an activating group) is 1. The van der Waals surface area contributed by atoms with Crippen LogP contribution in [-0.4, -0.2) is 62.3 Å². The van der Waals surface area contributed by atoms with Crippen LogP contribution in [0, 0.1) is 0 Å². The lowest BCUT2D eigenvalue weighted by atomic mass is 10.1. The molecule has 1 N–H and O–H groups in total. The van der Waals surface area contributed by atoms with Gasteiger partial charge in [-0.3, -0.25) is 4.79 Å². The van der Waals surface area contributed by atoms with Crippen molar-refractivity contribution in [2.45, 2.75) is 31.2 Å². The molecular formula is C16H24ClN3O3S. The number of halogens is 1. The molecule has 0 aliphatic carbocycles. The number of carbonyl (C=O) groups is 1. The molecule has 0 saturated carbocycles. The SMILES string of the molecule is CN1CCN(S(=O)(=O)c2ccc(Cl)c(C(=O)NC(C)(C)C)c2)CC1. The van der Waals surface area contributed by atoms with Crippen molar-refractivity contribution < 1.29 is 13.2 Å². The van der Waals surface area contributed by atoms with Gasteiger partial charge in [-0.15, -0.1) is 0 Å². The van der Waals surface area contributed by atoms with E-state index in [1.165, 1.54) is 22.5 Å². The summed E-state index contributed by atoms with van der Waals surface area (Å²) in [6.07, 6.45) is 0. The Hall–Kier alpha value is -1.15. The number of sulfonamides is 1. The fourth-order valence-electron chi connectivity index (χ4n) is 2.42. The average molecular weight is 374 g/mol. The highest BCUT2D eigenvalue weighted by Crippen LogP contribution is 2.24. The van der Waals surface area contributed by atoms with E-state index in [0.29, 0.717) is 26.2 Å². The summed E-state index contributed by atoms with van der Waals surface area (Å²) in [4.78, 5) is 14.5. The van der Waals surface area contributed by atoms with Gasteiger partial charge in [0.1, 0.15) is 0 Å². The van der Waals surface area contributed by atoms with Crippen molar-refractivity contribution in [2.24, 2.45) is 0 Å². The van der Waals surface area contributed by atoms with E-state index < -0.39 is 15.6 Å². The number of benzene rings is 1. The lowest BCUT2D eigenvalue weighted by molar-refractivity contribution is 0.0919. The maximum Gasteiger partial charge on any atom is 0.253 e. The van der Waals surface area contributed by atoms with Crippen LogP contribution in [0.5, 0.6) is 0 Å². The van der Waals surface area contributed by atoms with Crippen molar-refractivity contribution >= 4 is 27.5 Å². The van der Waals surface area contributed by atoms with E-state index in [1.807, 2.05) is 27.8 Å². The van der Waals surface area contributed by atoms with Gasteiger partial charge in [0.05, 0.1) is 15.5 Å². The van der Waals surface area contributed by atoms with Gasteiger partial charge in [0, 0.05) is 31.7 Å². The Morgan fingerprint density at radius 2 is 1.75 bits per heavy atom. The number of carbonyl (C=O) groups excluding carboxylic acids is 1. The Labute approximate surface area is 148 Å². The molecule has 1 aromatic carbocycles. The van der Waals surface area contributed by atoms with Gasteiger partial charge in [0.15, 0.2) is 0 Å². The second kappa shape index (κ2) is 7.00. The van der Waals surface area contributed by atoms with Gasteiger partial charge in [0.25, 0.3) is 5.91 Å². The normalized spacial score (nSPS) is 17.7. The van der Waals surface area contributed by atoms with Gasteiger partial charge in [-0.2, -0.15) is 4.31 Å². The lowest BCUT2D eigenvalue weighted by Crippen LogP contribution is -2.47. The van der Waals surface area contributed by atoms with Crippen LogP contribution in [0.15, 0.2) is 23.1 Å². The molecule has 0 radical (unpaired) electrons. The van der Waals surface area contributed by atoms with Gasteiger partial charge in [0.2, 0.25) is 10.0 Å². The van der Waals surface area contributed by atoms with Crippen molar-refractivity contribution in [2.75, 3.05) is 33.2 Å². The maximum absolute atomic E-state index is 12.8. The van der Waals surface area contributed by atoms with Crippen LogP contribution in [-0.2, 0) is 10.0 Å². The number of hydrogen-bond donors (Lipinski definition) is 1. The van der Waals surface area contributed by atoms with E-state index in [9.17, 15) is 13.2 Å². The molecule has 24 heavy (non-hydrogen) atoms. The number of hydrogen-bond acceptors (Lipinski definition) is 4. The monoisotopic (exact) mass is 373 g/mol. The van der Waals surface area contributed by atoms with E-state index >= 15 is 0 Å². The summed E-state index contributed by atoms with van der Waals surface area (Å²) in [5.74, 6) is -0.386. The quantitative estimate of drug-likeness (QED) is 0.877. The molecule has 8 heteroatoms. The smallest absolute Gasteiger partial charge is 0.253 e. The number of rotatable bonds is 3. The number of piperazine rings is 1. The first kappa shape index (κ1) is 19.2. The van der Waals surface area contributed by atoms with Crippen molar-refractivity contribution in [3.63, 3.8) is 0 Å². The van der Waals surface area contributed by atoms with Crippen molar-refractivity contribution in [3.05, 3.63) is 28.8 Å². The van der Waals surface area contributed by atoms with Crippen molar-refractivity contribution in [1.29, 1.82) is 0 Å². The Kier molecular flexibility index (Phi) is 5.59. The third-order valence-electron chi connectivity index (χ3n) is 3.77. The topological polar surface area (TPSA) is 69.7 Å². The van der Waals surface area contributed by atoms with Gasteiger partial charge in [-0.1, -0.05) is 11.6 Å². The molecule has 1 aliphatic rings. The second-order valence-corrected chi connectivity index (χ2v) is 9.40. The molecule has 1 heterocycles. The third-order valence-corrected chi connectivity index (χ3v) is 6.00. The van der Waals surface area contributed by atoms with Crippen molar-refractivity contribution in [3.8, 4) is 0 Å². The van der Waals surface area contributed by atoms with Crippen molar-refractivity contribution in [1.82, 2.24) is 14.5 Å². The van der Waals surface area contributed by atoms with Gasteiger partial charge in [-0.25, -0.2) is 8.42 Å². The molecule has 134 valence electrons. The first-order valence-electron chi connectivity index (χ1n) is 7.81. The summed E-state index contributed by atoms with van der Waals surface area (Å²) in [6, 6.07) is 4.27. The van der Waals surface area contributed by atoms with Crippen LogP contribution >= 0.6 is 11.6 Å². The molecule has 0 unspecified atom stereocenters. The van der Waals surface area contributed by atoms with E-state index in [1.54, 1.807) is 0 Å². The summed E-state index contributed by atoms with van der Waals surface area (Å²) in [6.45, 7) is 7.79. The zero-order chi connectivity index (χ0) is 18.1. The number of amides is 1. The zero-order valence-corrected chi connectivity index (χ0v) is 16.0. The minimum atomic E-state index is -3.63. The summed E-state index contributed by atoms with van der Waals surface area (Å²) in [7, 11) is -1.67. The summed E-state index contributed by atoms with van der Waals surface area (Å²) >= 11 is 6.10. The maximum atomic E-state index is 12.8. The molecule has 0 bridgehead atoms. The molecule has 0 spiro atoms. The molecule has 6 nitrogen and oxygen atoms in total. The highest BCUT2D eigenvalue weighted by molar-refractivity contribution is 7.89. The molecule has 0 atom stereocenters. The zero-order valence-electron chi connectivity index (χ0n) is 14.5. The largest absolute Gasteiger partial charge is 0.347 e. The first-order valence-corrected chi connectivity index (χ1v) is 9.63. The van der Waals surface area contributed by atoms with Crippen LogP contribution in [0.3, 0.4) is 0 Å². The van der Waals surface area contributed by atoms with Crippen LogP contribution in [0.25, 0.3) is 0 Å². The van der Waals surface area contributed by atoms with Crippen LogP contribution in [0.2, 0.25) is 5.02 Å². The lowest BCUT2D eigenvalue weighted by Gasteiger charge is -2.31. The van der Waals surface area contributed by atoms with Crippen LogP contribution < -0.4 is 5.32 Å². The molecule has 1 aliphatic heterocycles. The minimum Gasteiger partial charge on any atom is -0.347 e. The average Bonchev–Trinajstić information content (AvgIpc) is 2.46. The Balaban J connectivity index is 2.31. The summed E-state index contributed by atoms with van der Waals surface area (Å²) < 4.78 is 27.0. The third kappa shape index (κ3) is 4.47. The fraction of sp³-hybridized carbons (Fsp3) is 0.562. The molecule has 0 aromatic heterocycles. The molecule has 1 aromatic rings. The summed E-state index contributed by atoms with van der Waals surface area (Å²) in [5, 5.41) is 3.03. The van der Waals surface area contributed by atoms with E-state index in [-0.39, 0.29) is 21.4 Å². The Bertz CT molecular complexity index is 721. The molecule has 2 rings (SSSR count). The minimum absolute atomic E-state index is 0.0931. The number of nitrogens with zero attached hydrogens (tertiary/aromatic N) is 2.